The van der Waals surface area contributed by atoms with E-state index in [9.17, 15) is 0 Å². The fraction of sp³-hybridized carbons (Fsp3) is 0.267. The summed E-state index contributed by atoms with van der Waals surface area (Å²) in [7, 11) is 0. The van der Waals surface area contributed by atoms with Crippen molar-refractivity contribution in [1.29, 1.82) is 0 Å². The maximum atomic E-state index is 4.83. The molecule has 6 rings (SSSR count). The van der Waals surface area contributed by atoms with Crippen LogP contribution in [0.15, 0.2) is 24.3 Å². The molecule has 0 amide bonds. The maximum absolute atomic E-state index is 4.83. The third-order valence-electron chi connectivity index (χ3n) is 7.58. The number of nitrogens with zero attached hydrogens (tertiary/aromatic N) is 2. The Labute approximate surface area is 238 Å². The van der Waals surface area contributed by atoms with Crippen LogP contribution < -0.4 is 0 Å². The van der Waals surface area contributed by atoms with Gasteiger partial charge in [0.1, 0.15) is 11.0 Å². The van der Waals surface area contributed by atoms with Crippen LogP contribution in [0.3, 0.4) is 0 Å². The van der Waals surface area contributed by atoms with Gasteiger partial charge >= 0.3 is 0 Å². The van der Waals surface area contributed by atoms with Crippen LogP contribution in [-0.2, 0) is 0 Å². The van der Waals surface area contributed by atoms with Gasteiger partial charge in [-0.1, -0.05) is 12.1 Å². The number of aromatic nitrogens is 2. The van der Waals surface area contributed by atoms with Crippen molar-refractivity contribution < 1.29 is 0 Å². The van der Waals surface area contributed by atoms with Gasteiger partial charge in [0.05, 0.1) is 11.7 Å². The highest BCUT2D eigenvalue weighted by Crippen LogP contribution is 2.49. The predicted molar refractivity (Wildman–Crippen MR) is 169 cm³/mol. The zero-order valence-electron chi connectivity index (χ0n) is 22.2. The molecular formula is C30H28N2S5. The molecule has 0 aliphatic heterocycles. The first-order valence-electron chi connectivity index (χ1n) is 12.3. The van der Waals surface area contributed by atoms with Crippen LogP contribution in [0.5, 0.6) is 0 Å². The van der Waals surface area contributed by atoms with E-state index < -0.39 is 0 Å². The Hall–Kier alpha value is -2.16. The fourth-order valence-electron chi connectivity index (χ4n) is 4.78. The Balaban J connectivity index is 1.49. The van der Waals surface area contributed by atoms with E-state index >= 15 is 0 Å². The van der Waals surface area contributed by atoms with Crippen molar-refractivity contribution in [1.82, 2.24) is 8.75 Å². The summed E-state index contributed by atoms with van der Waals surface area (Å²) < 4.78 is 9.66. The number of thiophene rings is 4. The highest BCUT2D eigenvalue weighted by Gasteiger charge is 2.23. The SMILES string of the molecule is Cc1cc(-c2sc(-c3ccc(-c4sc(-c5cc(C)c(C)s5)c(C)c4C)c4nsnc34)c(C)c2C)sc1C. The van der Waals surface area contributed by atoms with E-state index in [2.05, 4.69) is 79.7 Å². The molecule has 188 valence electrons. The summed E-state index contributed by atoms with van der Waals surface area (Å²) in [5.41, 5.74) is 12.6. The summed E-state index contributed by atoms with van der Waals surface area (Å²) in [5, 5.41) is 0. The van der Waals surface area contributed by atoms with Gasteiger partial charge in [-0.25, -0.2) is 0 Å². The standard InChI is InChI=1S/C30H28N2S5/c1-13-11-23(33-19(13)7)29-17(5)15(3)27(35-29)21-9-10-22(26-25(21)31-37-32-26)28-16(4)18(6)30(36-28)24-12-14(2)20(8)34-24/h9-12H,1-8H3. The number of fused-ring (bicyclic) bond motifs is 1. The van der Waals surface area contributed by atoms with Crippen LogP contribution >= 0.6 is 57.1 Å². The largest absolute Gasteiger partial charge is 0.172 e. The summed E-state index contributed by atoms with van der Waals surface area (Å²) >= 11 is 8.91. The van der Waals surface area contributed by atoms with Gasteiger partial charge in [-0.05, 0) is 101 Å². The van der Waals surface area contributed by atoms with Crippen LogP contribution in [0.25, 0.3) is 51.4 Å². The zero-order valence-corrected chi connectivity index (χ0v) is 26.3. The molecule has 0 aliphatic rings. The van der Waals surface area contributed by atoms with E-state index in [0.29, 0.717) is 0 Å². The van der Waals surface area contributed by atoms with Gasteiger partial charge < -0.3 is 0 Å². The maximum Gasteiger partial charge on any atom is 0.114 e. The van der Waals surface area contributed by atoms with Crippen LogP contribution in [0.4, 0.5) is 0 Å². The molecule has 7 heteroatoms. The number of hydrogen-bond donors (Lipinski definition) is 0. The summed E-state index contributed by atoms with van der Waals surface area (Å²) in [5.74, 6) is 0. The smallest absolute Gasteiger partial charge is 0.114 e. The van der Waals surface area contributed by atoms with Crippen molar-refractivity contribution in [3.05, 3.63) is 67.4 Å². The third kappa shape index (κ3) is 3.98. The number of hydrogen-bond acceptors (Lipinski definition) is 7. The lowest BCUT2D eigenvalue weighted by Gasteiger charge is -2.06. The first-order valence-corrected chi connectivity index (χ1v) is 16.3. The van der Waals surface area contributed by atoms with Gasteiger partial charge in [-0.2, -0.15) is 8.75 Å². The Bertz CT molecular complexity index is 1650. The predicted octanol–water partition coefficient (Wildman–Crippen LogP) is 11.1. The van der Waals surface area contributed by atoms with Gasteiger partial charge in [0.25, 0.3) is 0 Å². The third-order valence-corrected chi connectivity index (χ3v) is 13.6. The quantitative estimate of drug-likeness (QED) is 0.209. The molecule has 0 radical (unpaired) electrons. The molecule has 0 spiro atoms. The molecule has 0 aliphatic carbocycles. The molecule has 0 N–H and O–H groups in total. The van der Waals surface area contributed by atoms with Crippen molar-refractivity contribution in [3.8, 4) is 40.4 Å². The average molecular weight is 577 g/mol. The minimum absolute atomic E-state index is 1.02. The van der Waals surface area contributed by atoms with E-state index in [1.54, 1.807) is 0 Å². The van der Waals surface area contributed by atoms with E-state index in [-0.39, 0.29) is 0 Å². The molecule has 0 saturated carbocycles. The molecule has 0 saturated heterocycles. The molecule has 0 atom stereocenters. The first kappa shape index (κ1) is 25.1. The molecule has 5 aromatic heterocycles. The lowest BCUT2D eigenvalue weighted by Crippen LogP contribution is -1.86. The van der Waals surface area contributed by atoms with Crippen molar-refractivity contribution in [2.24, 2.45) is 0 Å². The monoisotopic (exact) mass is 576 g/mol. The number of rotatable bonds is 4. The van der Waals surface area contributed by atoms with Crippen LogP contribution in [0.1, 0.15) is 43.1 Å². The summed E-state index contributed by atoms with van der Waals surface area (Å²) in [4.78, 5) is 10.9. The van der Waals surface area contributed by atoms with Crippen LogP contribution in [0, 0.1) is 55.4 Å². The van der Waals surface area contributed by atoms with Crippen molar-refractivity contribution in [2.75, 3.05) is 0 Å². The van der Waals surface area contributed by atoms with Crippen molar-refractivity contribution >= 4 is 68.1 Å². The Morgan fingerprint density at radius 3 is 1.22 bits per heavy atom. The molecule has 37 heavy (non-hydrogen) atoms. The van der Waals surface area contributed by atoms with Gasteiger partial charge in [-0.15, -0.1) is 45.3 Å². The first-order chi connectivity index (χ1) is 17.7. The van der Waals surface area contributed by atoms with E-state index in [4.69, 9.17) is 8.75 Å². The second-order valence-corrected chi connectivity index (χ2v) is 14.9. The zero-order chi connectivity index (χ0) is 26.2. The van der Waals surface area contributed by atoms with E-state index in [1.165, 1.54) is 95.3 Å². The minimum Gasteiger partial charge on any atom is -0.172 e. The molecule has 0 fully saturated rings. The normalized spacial score (nSPS) is 11.8. The van der Waals surface area contributed by atoms with Gasteiger partial charge in [-0.3, -0.25) is 0 Å². The van der Waals surface area contributed by atoms with Crippen molar-refractivity contribution in [3.63, 3.8) is 0 Å². The molecule has 6 aromatic rings. The molecule has 2 nitrogen and oxygen atoms in total. The number of aryl methyl sites for hydroxylation is 4. The average Bonchev–Trinajstić information content (AvgIpc) is 3.67. The Morgan fingerprint density at radius 1 is 0.486 bits per heavy atom. The van der Waals surface area contributed by atoms with Gasteiger partial charge in [0, 0.05) is 50.1 Å². The second kappa shape index (κ2) is 9.24. The highest BCUT2D eigenvalue weighted by molar-refractivity contribution is 7.25. The summed E-state index contributed by atoms with van der Waals surface area (Å²) in [6, 6.07) is 9.22. The minimum atomic E-state index is 1.02. The van der Waals surface area contributed by atoms with Crippen LogP contribution in [-0.4, -0.2) is 8.75 Å². The van der Waals surface area contributed by atoms with Crippen LogP contribution in [0.2, 0.25) is 0 Å². The molecule has 1 aromatic carbocycles. The molecule has 0 unspecified atom stereocenters. The highest BCUT2D eigenvalue weighted by atomic mass is 32.1. The summed E-state index contributed by atoms with van der Waals surface area (Å²) in [6.45, 7) is 17.9. The summed E-state index contributed by atoms with van der Waals surface area (Å²) in [6.07, 6.45) is 0. The Morgan fingerprint density at radius 2 is 0.865 bits per heavy atom. The molecular weight excluding hydrogens is 549 g/mol. The molecule has 5 heterocycles. The van der Waals surface area contributed by atoms with Gasteiger partial charge in [0.2, 0.25) is 0 Å². The lowest BCUT2D eigenvalue weighted by molar-refractivity contribution is 1.40. The lowest BCUT2D eigenvalue weighted by atomic mass is 10.00. The number of benzene rings is 1. The fourth-order valence-corrected chi connectivity index (χ4v) is 10.4. The topological polar surface area (TPSA) is 25.8 Å². The van der Waals surface area contributed by atoms with E-state index in [1.807, 2.05) is 45.3 Å². The van der Waals surface area contributed by atoms with E-state index in [0.717, 1.165) is 11.0 Å². The molecule has 0 bridgehead atoms. The van der Waals surface area contributed by atoms with Crippen molar-refractivity contribution in [2.45, 2.75) is 55.4 Å². The second-order valence-electron chi connectivity index (χ2n) is 9.84. The van der Waals surface area contributed by atoms with Gasteiger partial charge in [0.15, 0.2) is 0 Å². The Kier molecular flexibility index (Phi) is 6.28.